The fraction of sp³-hybridized carbons (Fsp3) is 0.133. The van der Waals surface area contributed by atoms with Gasteiger partial charge < -0.3 is 14.8 Å². The van der Waals surface area contributed by atoms with Crippen LogP contribution in [0.5, 0.6) is 11.5 Å². The minimum atomic E-state index is 0.230. The number of benzene rings is 2. The summed E-state index contributed by atoms with van der Waals surface area (Å²) in [5.74, 6) is 1.34. The molecule has 1 aliphatic rings. The van der Waals surface area contributed by atoms with Crippen LogP contribution in [0.3, 0.4) is 0 Å². The summed E-state index contributed by atoms with van der Waals surface area (Å²) in [5.41, 5.74) is 4.98. The van der Waals surface area contributed by atoms with Crippen LogP contribution in [0.25, 0.3) is 10.2 Å². The Morgan fingerprint density at radius 3 is 3.14 bits per heavy atom. The van der Waals surface area contributed by atoms with Crippen molar-refractivity contribution in [2.45, 2.75) is 6.54 Å². The molecule has 106 valence electrons. The molecule has 4 nitrogen and oxygen atoms in total. The second kappa shape index (κ2) is 5.09. The average molecular weight is 319 g/mol. The van der Waals surface area contributed by atoms with Crippen molar-refractivity contribution >= 4 is 38.8 Å². The number of hydrogen-bond acceptors (Lipinski definition) is 5. The Kier molecular flexibility index (Phi) is 3.09. The van der Waals surface area contributed by atoms with Gasteiger partial charge >= 0.3 is 0 Å². The molecule has 1 aliphatic heterocycles. The van der Waals surface area contributed by atoms with Crippen LogP contribution in [-0.2, 0) is 6.54 Å². The fourth-order valence-electron chi connectivity index (χ4n) is 2.29. The molecule has 0 bridgehead atoms. The average Bonchev–Trinajstić information content (AvgIpc) is 3.13. The Bertz CT molecular complexity index is 819. The molecule has 3 aromatic rings. The van der Waals surface area contributed by atoms with Gasteiger partial charge in [0.25, 0.3) is 0 Å². The number of fused-ring (bicyclic) bond motifs is 2. The van der Waals surface area contributed by atoms with Gasteiger partial charge in [-0.3, -0.25) is 0 Å². The van der Waals surface area contributed by atoms with E-state index in [2.05, 4.69) is 16.4 Å². The standard InChI is InChI=1S/C15H11ClN2O2S/c16-11-3-9(4-13-15(11)20-8-19-13)6-17-10-1-2-12-14(5-10)21-7-18-12/h1-5,7,17H,6,8H2. The largest absolute Gasteiger partial charge is 0.454 e. The first-order chi connectivity index (χ1) is 10.3. The highest BCUT2D eigenvalue weighted by Gasteiger charge is 2.18. The number of nitrogens with one attached hydrogen (secondary N) is 1. The Hall–Kier alpha value is -1.98. The zero-order chi connectivity index (χ0) is 14.2. The van der Waals surface area contributed by atoms with E-state index in [1.54, 1.807) is 11.3 Å². The lowest BCUT2D eigenvalue weighted by atomic mass is 10.2. The summed E-state index contributed by atoms with van der Waals surface area (Å²) in [6, 6.07) is 9.98. The van der Waals surface area contributed by atoms with Crippen LogP contribution in [0, 0.1) is 0 Å². The summed E-state index contributed by atoms with van der Waals surface area (Å²) < 4.78 is 11.9. The molecule has 0 atom stereocenters. The van der Waals surface area contributed by atoms with Gasteiger partial charge in [0.2, 0.25) is 6.79 Å². The van der Waals surface area contributed by atoms with Crippen molar-refractivity contribution in [2.24, 2.45) is 0 Å². The molecule has 2 aromatic carbocycles. The number of aromatic nitrogens is 1. The Morgan fingerprint density at radius 1 is 1.24 bits per heavy atom. The molecule has 0 radical (unpaired) electrons. The van der Waals surface area contributed by atoms with Gasteiger partial charge in [0, 0.05) is 12.2 Å². The third-order valence-corrected chi connectivity index (χ3v) is 4.39. The van der Waals surface area contributed by atoms with Crippen molar-refractivity contribution in [3.8, 4) is 11.5 Å². The lowest BCUT2D eigenvalue weighted by Crippen LogP contribution is -1.99. The van der Waals surface area contributed by atoms with Crippen molar-refractivity contribution in [3.05, 3.63) is 46.4 Å². The van der Waals surface area contributed by atoms with E-state index in [0.717, 1.165) is 16.8 Å². The Balaban J connectivity index is 1.55. The van der Waals surface area contributed by atoms with Gasteiger partial charge in [-0.05, 0) is 35.9 Å². The first-order valence-corrected chi connectivity index (χ1v) is 7.70. The minimum Gasteiger partial charge on any atom is -0.454 e. The quantitative estimate of drug-likeness (QED) is 0.782. The molecule has 0 aliphatic carbocycles. The summed E-state index contributed by atoms with van der Waals surface area (Å²) in [4.78, 5) is 4.27. The number of anilines is 1. The van der Waals surface area contributed by atoms with Gasteiger partial charge in [0.15, 0.2) is 11.5 Å². The Morgan fingerprint density at radius 2 is 2.19 bits per heavy atom. The topological polar surface area (TPSA) is 43.4 Å². The third-order valence-electron chi connectivity index (χ3n) is 3.31. The van der Waals surface area contributed by atoms with Crippen LogP contribution in [0.2, 0.25) is 5.02 Å². The molecule has 21 heavy (non-hydrogen) atoms. The molecule has 1 N–H and O–H groups in total. The maximum absolute atomic E-state index is 6.18. The summed E-state index contributed by atoms with van der Waals surface area (Å²) in [7, 11) is 0. The van der Waals surface area contributed by atoms with Crippen LogP contribution in [0.15, 0.2) is 35.8 Å². The number of nitrogens with zero attached hydrogens (tertiary/aromatic N) is 1. The molecule has 0 amide bonds. The first kappa shape index (κ1) is 12.7. The number of halogens is 1. The highest BCUT2D eigenvalue weighted by Crippen LogP contribution is 2.39. The first-order valence-electron chi connectivity index (χ1n) is 6.45. The van der Waals surface area contributed by atoms with Gasteiger partial charge in [-0.15, -0.1) is 11.3 Å². The maximum atomic E-state index is 6.18. The lowest BCUT2D eigenvalue weighted by molar-refractivity contribution is 0.174. The van der Waals surface area contributed by atoms with E-state index in [-0.39, 0.29) is 6.79 Å². The van der Waals surface area contributed by atoms with Crippen molar-refractivity contribution in [2.75, 3.05) is 12.1 Å². The van der Waals surface area contributed by atoms with Gasteiger partial charge in [0.1, 0.15) is 0 Å². The highest BCUT2D eigenvalue weighted by molar-refractivity contribution is 7.16. The number of thiazole rings is 1. The monoisotopic (exact) mass is 318 g/mol. The van der Waals surface area contributed by atoms with Crippen LogP contribution < -0.4 is 14.8 Å². The zero-order valence-electron chi connectivity index (χ0n) is 10.9. The highest BCUT2D eigenvalue weighted by atomic mass is 35.5. The van der Waals surface area contributed by atoms with Gasteiger partial charge in [-0.2, -0.15) is 0 Å². The second-order valence-electron chi connectivity index (χ2n) is 4.70. The van der Waals surface area contributed by atoms with Gasteiger partial charge in [-0.25, -0.2) is 4.98 Å². The molecule has 0 fully saturated rings. The summed E-state index contributed by atoms with van der Waals surface area (Å²) in [5, 5.41) is 3.97. The van der Waals surface area contributed by atoms with Crippen molar-refractivity contribution < 1.29 is 9.47 Å². The molecule has 0 saturated heterocycles. The van der Waals surface area contributed by atoms with E-state index in [1.807, 2.05) is 29.8 Å². The molecular weight excluding hydrogens is 308 g/mol. The van der Waals surface area contributed by atoms with Crippen molar-refractivity contribution in [3.63, 3.8) is 0 Å². The summed E-state index contributed by atoms with van der Waals surface area (Å²) >= 11 is 7.81. The lowest BCUT2D eigenvalue weighted by Gasteiger charge is -2.08. The molecule has 0 spiro atoms. The maximum Gasteiger partial charge on any atom is 0.231 e. The van der Waals surface area contributed by atoms with Crippen LogP contribution in [-0.4, -0.2) is 11.8 Å². The normalized spacial score (nSPS) is 12.8. The zero-order valence-corrected chi connectivity index (χ0v) is 12.5. The number of hydrogen-bond donors (Lipinski definition) is 1. The number of ether oxygens (including phenoxy) is 2. The van der Waals surface area contributed by atoms with Crippen molar-refractivity contribution in [1.82, 2.24) is 4.98 Å². The fourth-order valence-corrected chi connectivity index (χ4v) is 3.30. The predicted molar refractivity (Wildman–Crippen MR) is 84.5 cm³/mol. The SMILES string of the molecule is Clc1cc(CNc2ccc3ncsc3c2)cc2c1OCO2. The molecule has 4 rings (SSSR count). The van der Waals surface area contributed by atoms with Gasteiger partial charge in [-0.1, -0.05) is 11.6 Å². The summed E-state index contributed by atoms with van der Waals surface area (Å²) in [6.07, 6.45) is 0. The predicted octanol–water partition coefficient (Wildman–Crippen LogP) is 4.29. The number of rotatable bonds is 3. The second-order valence-corrected chi connectivity index (χ2v) is 5.99. The van der Waals surface area contributed by atoms with Gasteiger partial charge in [0.05, 0.1) is 20.7 Å². The summed E-state index contributed by atoms with van der Waals surface area (Å²) in [6.45, 7) is 0.897. The van der Waals surface area contributed by atoms with Crippen molar-refractivity contribution in [1.29, 1.82) is 0 Å². The van der Waals surface area contributed by atoms with Crippen LogP contribution >= 0.6 is 22.9 Å². The minimum absolute atomic E-state index is 0.230. The van der Waals surface area contributed by atoms with E-state index < -0.39 is 0 Å². The van der Waals surface area contributed by atoms with E-state index in [1.165, 1.54) is 4.70 Å². The van der Waals surface area contributed by atoms with Crippen LogP contribution in [0.4, 0.5) is 5.69 Å². The molecular formula is C15H11ClN2O2S. The van der Waals surface area contributed by atoms with E-state index in [0.29, 0.717) is 23.1 Å². The molecule has 0 unspecified atom stereocenters. The molecule has 0 saturated carbocycles. The van der Waals surface area contributed by atoms with E-state index in [9.17, 15) is 0 Å². The third kappa shape index (κ3) is 2.39. The van der Waals surface area contributed by atoms with E-state index in [4.69, 9.17) is 21.1 Å². The van der Waals surface area contributed by atoms with Crippen LogP contribution in [0.1, 0.15) is 5.56 Å². The molecule has 2 heterocycles. The van der Waals surface area contributed by atoms with E-state index >= 15 is 0 Å². The Labute approximate surface area is 130 Å². The smallest absolute Gasteiger partial charge is 0.231 e. The molecule has 6 heteroatoms. The molecule has 1 aromatic heterocycles.